The van der Waals surface area contributed by atoms with Gasteiger partial charge in [-0.25, -0.2) is 0 Å². The molecule has 0 aliphatic carbocycles. The fourth-order valence-electron chi connectivity index (χ4n) is 1.65. The molecule has 0 spiro atoms. The molecule has 0 radical (unpaired) electrons. The molecule has 1 amide bonds. The van der Waals surface area contributed by atoms with E-state index in [9.17, 15) is 4.79 Å². The van der Waals surface area contributed by atoms with Gasteiger partial charge in [0.1, 0.15) is 0 Å². The third-order valence-electron chi connectivity index (χ3n) is 2.66. The largest absolute Gasteiger partial charge is 0.325 e. The predicted octanol–water partition coefficient (Wildman–Crippen LogP) is 3.33. The van der Waals surface area contributed by atoms with Crippen molar-refractivity contribution in [2.45, 2.75) is 13.3 Å². The number of halogens is 1. The SMILES string of the molecule is Cc1ccccc1CC(=O)Nc1ccncc1Br. The Hall–Kier alpha value is -1.68. The maximum absolute atomic E-state index is 11.9. The quantitative estimate of drug-likeness (QED) is 0.945. The van der Waals surface area contributed by atoms with E-state index in [2.05, 4.69) is 26.2 Å². The Morgan fingerprint density at radius 1 is 1.33 bits per heavy atom. The highest BCUT2D eigenvalue weighted by Gasteiger charge is 2.07. The number of rotatable bonds is 3. The van der Waals surface area contributed by atoms with Crippen LogP contribution in [0.1, 0.15) is 11.1 Å². The number of hydrogen-bond donors (Lipinski definition) is 1. The first kappa shape index (κ1) is 12.8. The molecule has 18 heavy (non-hydrogen) atoms. The number of nitrogens with zero attached hydrogens (tertiary/aromatic N) is 1. The zero-order valence-electron chi connectivity index (χ0n) is 9.98. The van der Waals surface area contributed by atoms with Crippen LogP contribution in [0.4, 0.5) is 5.69 Å². The summed E-state index contributed by atoms with van der Waals surface area (Å²) >= 11 is 3.35. The first-order valence-electron chi connectivity index (χ1n) is 5.60. The van der Waals surface area contributed by atoms with Gasteiger partial charge in [0.05, 0.1) is 16.6 Å². The van der Waals surface area contributed by atoms with E-state index in [1.165, 1.54) is 0 Å². The molecule has 1 aromatic carbocycles. The van der Waals surface area contributed by atoms with Gasteiger partial charge in [-0.05, 0) is 40.0 Å². The fourth-order valence-corrected chi connectivity index (χ4v) is 2.00. The number of pyridine rings is 1. The third-order valence-corrected chi connectivity index (χ3v) is 3.29. The number of nitrogens with one attached hydrogen (secondary N) is 1. The van der Waals surface area contributed by atoms with Crippen LogP contribution in [0.15, 0.2) is 47.2 Å². The molecule has 3 nitrogen and oxygen atoms in total. The van der Waals surface area contributed by atoms with E-state index in [1.54, 1.807) is 18.5 Å². The highest BCUT2D eigenvalue weighted by atomic mass is 79.9. The molecule has 0 unspecified atom stereocenters. The number of aromatic nitrogens is 1. The summed E-state index contributed by atoms with van der Waals surface area (Å²) < 4.78 is 0.781. The average molecular weight is 305 g/mol. The molecule has 1 N–H and O–H groups in total. The lowest BCUT2D eigenvalue weighted by molar-refractivity contribution is -0.115. The number of aryl methyl sites for hydroxylation is 1. The lowest BCUT2D eigenvalue weighted by atomic mass is 10.1. The molecule has 0 saturated carbocycles. The summed E-state index contributed by atoms with van der Waals surface area (Å²) in [6.45, 7) is 2.00. The molecule has 0 atom stereocenters. The van der Waals surface area contributed by atoms with Crippen molar-refractivity contribution in [3.05, 3.63) is 58.3 Å². The van der Waals surface area contributed by atoms with E-state index in [-0.39, 0.29) is 5.91 Å². The van der Waals surface area contributed by atoms with Gasteiger partial charge in [-0.1, -0.05) is 24.3 Å². The maximum Gasteiger partial charge on any atom is 0.228 e. The van der Waals surface area contributed by atoms with Crippen LogP contribution in [0.2, 0.25) is 0 Å². The summed E-state index contributed by atoms with van der Waals surface area (Å²) in [5, 5.41) is 2.86. The molecule has 0 aliphatic rings. The van der Waals surface area contributed by atoms with Crippen LogP contribution in [-0.4, -0.2) is 10.9 Å². The second-order valence-corrected chi connectivity index (χ2v) is 4.86. The second-order valence-electron chi connectivity index (χ2n) is 4.01. The van der Waals surface area contributed by atoms with Crippen LogP contribution >= 0.6 is 15.9 Å². The van der Waals surface area contributed by atoms with E-state index in [0.29, 0.717) is 6.42 Å². The minimum absolute atomic E-state index is 0.0313. The Labute approximate surface area is 114 Å². The number of carbonyl (C=O) groups is 1. The predicted molar refractivity (Wildman–Crippen MR) is 75.4 cm³/mol. The van der Waals surface area contributed by atoms with Crippen molar-refractivity contribution in [2.24, 2.45) is 0 Å². The highest BCUT2D eigenvalue weighted by Crippen LogP contribution is 2.20. The van der Waals surface area contributed by atoms with Gasteiger partial charge >= 0.3 is 0 Å². The Kier molecular flexibility index (Phi) is 4.10. The number of amides is 1. The van der Waals surface area contributed by atoms with Gasteiger partial charge in [-0.2, -0.15) is 0 Å². The van der Waals surface area contributed by atoms with Crippen LogP contribution in [0, 0.1) is 6.92 Å². The van der Waals surface area contributed by atoms with Gasteiger partial charge < -0.3 is 5.32 Å². The molecule has 2 rings (SSSR count). The smallest absolute Gasteiger partial charge is 0.228 e. The molecule has 1 heterocycles. The van der Waals surface area contributed by atoms with Gasteiger partial charge in [0.2, 0.25) is 5.91 Å². The molecule has 92 valence electrons. The van der Waals surface area contributed by atoms with Crippen molar-refractivity contribution in [1.29, 1.82) is 0 Å². The Balaban J connectivity index is 2.06. The van der Waals surface area contributed by atoms with Crippen molar-refractivity contribution in [2.75, 3.05) is 5.32 Å². The van der Waals surface area contributed by atoms with Crippen molar-refractivity contribution >= 4 is 27.5 Å². The summed E-state index contributed by atoms with van der Waals surface area (Å²) in [6, 6.07) is 9.65. The van der Waals surface area contributed by atoms with E-state index < -0.39 is 0 Å². The lowest BCUT2D eigenvalue weighted by Gasteiger charge is -2.08. The van der Waals surface area contributed by atoms with Crippen LogP contribution in [-0.2, 0) is 11.2 Å². The minimum atomic E-state index is -0.0313. The number of hydrogen-bond acceptors (Lipinski definition) is 2. The zero-order valence-corrected chi connectivity index (χ0v) is 11.6. The van der Waals surface area contributed by atoms with Gasteiger partial charge in [0.15, 0.2) is 0 Å². The first-order chi connectivity index (χ1) is 8.66. The van der Waals surface area contributed by atoms with E-state index >= 15 is 0 Å². The number of anilines is 1. The highest BCUT2D eigenvalue weighted by molar-refractivity contribution is 9.10. The zero-order chi connectivity index (χ0) is 13.0. The molecule has 0 saturated heterocycles. The van der Waals surface area contributed by atoms with E-state index in [0.717, 1.165) is 21.3 Å². The van der Waals surface area contributed by atoms with Crippen molar-refractivity contribution < 1.29 is 4.79 Å². The standard InChI is InChI=1S/C14H13BrN2O/c1-10-4-2-3-5-11(10)8-14(18)17-13-6-7-16-9-12(13)15/h2-7,9H,8H2,1H3,(H,16,17,18). The topological polar surface area (TPSA) is 42.0 Å². The van der Waals surface area contributed by atoms with Crippen LogP contribution in [0.3, 0.4) is 0 Å². The molecule has 0 fully saturated rings. The van der Waals surface area contributed by atoms with Crippen molar-refractivity contribution in [3.8, 4) is 0 Å². The Bertz CT molecular complexity index is 520. The van der Waals surface area contributed by atoms with Crippen molar-refractivity contribution in [3.63, 3.8) is 0 Å². The summed E-state index contributed by atoms with van der Waals surface area (Å²) in [5.74, 6) is -0.0313. The minimum Gasteiger partial charge on any atom is -0.325 e. The average Bonchev–Trinajstić information content (AvgIpc) is 2.35. The summed E-state index contributed by atoms with van der Waals surface area (Å²) in [7, 11) is 0. The van der Waals surface area contributed by atoms with Crippen LogP contribution in [0.25, 0.3) is 0 Å². The molecular weight excluding hydrogens is 292 g/mol. The van der Waals surface area contributed by atoms with Crippen LogP contribution in [0.5, 0.6) is 0 Å². The Morgan fingerprint density at radius 2 is 2.11 bits per heavy atom. The molecule has 2 aromatic rings. The van der Waals surface area contributed by atoms with Gasteiger partial charge in [-0.3, -0.25) is 9.78 Å². The van der Waals surface area contributed by atoms with Gasteiger partial charge in [0.25, 0.3) is 0 Å². The third kappa shape index (κ3) is 3.17. The molecule has 0 bridgehead atoms. The molecule has 1 aromatic heterocycles. The monoisotopic (exact) mass is 304 g/mol. The van der Waals surface area contributed by atoms with Gasteiger partial charge in [0, 0.05) is 12.4 Å². The van der Waals surface area contributed by atoms with Crippen LogP contribution < -0.4 is 5.32 Å². The number of carbonyl (C=O) groups excluding carboxylic acids is 1. The fraction of sp³-hybridized carbons (Fsp3) is 0.143. The Morgan fingerprint density at radius 3 is 2.83 bits per heavy atom. The normalized spacial score (nSPS) is 10.1. The maximum atomic E-state index is 11.9. The first-order valence-corrected chi connectivity index (χ1v) is 6.40. The second kappa shape index (κ2) is 5.78. The summed E-state index contributed by atoms with van der Waals surface area (Å²) in [5.41, 5.74) is 2.91. The molecular formula is C14H13BrN2O. The van der Waals surface area contributed by atoms with Gasteiger partial charge in [-0.15, -0.1) is 0 Å². The van der Waals surface area contributed by atoms with E-state index in [1.807, 2.05) is 31.2 Å². The summed E-state index contributed by atoms with van der Waals surface area (Å²) in [4.78, 5) is 15.9. The lowest BCUT2D eigenvalue weighted by Crippen LogP contribution is -2.15. The summed E-state index contributed by atoms with van der Waals surface area (Å²) in [6.07, 6.45) is 3.68. The van der Waals surface area contributed by atoms with Crippen molar-refractivity contribution in [1.82, 2.24) is 4.98 Å². The number of benzene rings is 1. The molecule has 4 heteroatoms. The van der Waals surface area contributed by atoms with E-state index in [4.69, 9.17) is 0 Å². The molecule has 0 aliphatic heterocycles.